The fourth-order valence-corrected chi connectivity index (χ4v) is 3.19. The Bertz CT molecular complexity index is 1070. The van der Waals surface area contributed by atoms with E-state index < -0.39 is 0 Å². The lowest BCUT2D eigenvalue weighted by atomic mass is 10.1. The number of para-hydroxylation sites is 1. The van der Waals surface area contributed by atoms with Crippen LogP contribution in [0.2, 0.25) is 0 Å². The minimum absolute atomic E-state index is 0.0917. The molecule has 0 saturated carbocycles. The first kappa shape index (κ1) is 19.9. The van der Waals surface area contributed by atoms with Gasteiger partial charge in [-0.1, -0.05) is 24.3 Å². The van der Waals surface area contributed by atoms with Gasteiger partial charge in [0.05, 0.1) is 0 Å². The Kier molecular flexibility index (Phi) is 5.78. The third-order valence-electron chi connectivity index (χ3n) is 4.43. The number of rotatable bonds is 5. The van der Waals surface area contributed by atoms with Gasteiger partial charge in [-0.3, -0.25) is 9.59 Å². The van der Waals surface area contributed by atoms with Crippen LogP contribution in [0.3, 0.4) is 0 Å². The van der Waals surface area contributed by atoms with Gasteiger partial charge in [-0.05, 0) is 56.7 Å². The van der Waals surface area contributed by atoms with Gasteiger partial charge in [0, 0.05) is 28.3 Å². The standard InChI is InChI=1S/C22H22N4O3/c1-13-19(15(3)27)14(2)23-20(13)21(28)24-17-10-7-11-18(12-17)26-22(29)25-16-8-5-4-6-9-16/h4-12,23H,1-3H3,(H,24,28)(H2,25,26,29). The number of Topliss-reactive ketones (excluding diaryl/α,β-unsaturated/α-hetero) is 1. The summed E-state index contributed by atoms with van der Waals surface area (Å²) < 4.78 is 0. The average molecular weight is 390 g/mol. The van der Waals surface area contributed by atoms with Crippen LogP contribution in [0.15, 0.2) is 54.6 Å². The number of ketones is 1. The van der Waals surface area contributed by atoms with Gasteiger partial charge in [0.25, 0.3) is 5.91 Å². The van der Waals surface area contributed by atoms with E-state index in [-0.39, 0.29) is 17.7 Å². The molecule has 0 saturated heterocycles. The summed E-state index contributed by atoms with van der Waals surface area (Å²) in [7, 11) is 0. The second kappa shape index (κ2) is 8.43. The van der Waals surface area contributed by atoms with Crippen LogP contribution in [0.4, 0.5) is 21.9 Å². The molecule has 1 aromatic heterocycles. The van der Waals surface area contributed by atoms with Gasteiger partial charge in [-0.2, -0.15) is 0 Å². The van der Waals surface area contributed by atoms with E-state index in [2.05, 4.69) is 20.9 Å². The molecule has 0 aliphatic rings. The van der Waals surface area contributed by atoms with Crippen LogP contribution >= 0.6 is 0 Å². The van der Waals surface area contributed by atoms with E-state index >= 15 is 0 Å². The van der Waals surface area contributed by atoms with Crippen LogP contribution in [-0.2, 0) is 0 Å². The maximum absolute atomic E-state index is 12.6. The zero-order chi connectivity index (χ0) is 21.0. The summed E-state index contributed by atoms with van der Waals surface area (Å²) in [6.45, 7) is 4.97. The van der Waals surface area contributed by atoms with Crippen molar-refractivity contribution in [3.63, 3.8) is 0 Å². The molecular formula is C22H22N4O3. The van der Waals surface area contributed by atoms with E-state index in [1.165, 1.54) is 6.92 Å². The van der Waals surface area contributed by atoms with Crippen LogP contribution in [-0.4, -0.2) is 22.7 Å². The van der Waals surface area contributed by atoms with Crippen LogP contribution in [0.25, 0.3) is 0 Å². The third-order valence-corrected chi connectivity index (χ3v) is 4.43. The first-order chi connectivity index (χ1) is 13.8. The van der Waals surface area contributed by atoms with Crippen molar-refractivity contribution in [3.05, 3.63) is 77.1 Å². The summed E-state index contributed by atoms with van der Waals surface area (Å²) in [6.07, 6.45) is 0. The third kappa shape index (κ3) is 4.70. The molecule has 0 aliphatic carbocycles. The lowest BCUT2D eigenvalue weighted by molar-refractivity contribution is 0.101. The Morgan fingerprint density at radius 2 is 1.38 bits per heavy atom. The smallest absolute Gasteiger partial charge is 0.323 e. The summed E-state index contributed by atoms with van der Waals surface area (Å²) in [5, 5.41) is 8.25. The monoisotopic (exact) mass is 390 g/mol. The van der Waals surface area contributed by atoms with Crippen molar-refractivity contribution in [1.82, 2.24) is 4.98 Å². The van der Waals surface area contributed by atoms with Crippen LogP contribution in [0.5, 0.6) is 0 Å². The first-order valence-electron chi connectivity index (χ1n) is 9.09. The minimum atomic E-state index is -0.387. The highest BCUT2D eigenvalue weighted by Gasteiger charge is 2.19. The SMILES string of the molecule is CC(=O)c1c(C)[nH]c(C(=O)Nc2cccc(NC(=O)Nc3ccccc3)c2)c1C. The van der Waals surface area contributed by atoms with Crippen molar-refractivity contribution < 1.29 is 14.4 Å². The summed E-state index contributed by atoms with van der Waals surface area (Å²) in [6, 6.07) is 15.5. The number of carbonyl (C=O) groups excluding carboxylic acids is 3. The Morgan fingerprint density at radius 3 is 2.00 bits per heavy atom. The quantitative estimate of drug-likeness (QED) is 0.474. The number of aromatic nitrogens is 1. The van der Waals surface area contributed by atoms with E-state index in [1.54, 1.807) is 50.2 Å². The summed E-state index contributed by atoms with van der Waals surface area (Å²) in [4.78, 5) is 39.5. The number of aryl methyl sites for hydroxylation is 1. The maximum atomic E-state index is 12.6. The molecule has 0 unspecified atom stereocenters. The molecule has 3 amide bonds. The molecule has 4 N–H and O–H groups in total. The normalized spacial score (nSPS) is 10.3. The highest BCUT2D eigenvalue weighted by Crippen LogP contribution is 2.21. The number of hydrogen-bond donors (Lipinski definition) is 4. The zero-order valence-electron chi connectivity index (χ0n) is 16.4. The van der Waals surface area contributed by atoms with Gasteiger partial charge in [-0.25, -0.2) is 4.79 Å². The van der Waals surface area contributed by atoms with Crippen molar-refractivity contribution in [2.75, 3.05) is 16.0 Å². The molecule has 0 aliphatic heterocycles. The fraction of sp³-hybridized carbons (Fsp3) is 0.136. The summed E-state index contributed by atoms with van der Waals surface area (Å²) in [5.41, 5.74) is 3.87. The predicted octanol–water partition coefficient (Wildman–Crippen LogP) is 4.73. The van der Waals surface area contributed by atoms with Gasteiger partial charge in [0.1, 0.15) is 5.69 Å². The second-order valence-electron chi connectivity index (χ2n) is 6.66. The Labute approximate surface area is 168 Å². The average Bonchev–Trinajstić information content (AvgIpc) is 2.97. The largest absolute Gasteiger partial charge is 0.354 e. The van der Waals surface area contributed by atoms with Crippen LogP contribution < -0.4 is 16.0 Å². The second-order valence-corrected chi connectivity index (χ2v) is 6.66. The number of nitrogens with one attached hydrogen (secondary N) is 4. The van der Waals surface area contributed by atoms with E-state index in [0.717, 1.165) is 0 Å². The van der Waals surface area contributed by atoms with Crippen molar-refractivity contribution >= 4 is 34.8 Å². The molecule has 1 heterocycles. The van der Waals surface area contributed by atoms with Gasteiger partial charge < -0.3 is 20.9 Å². The zero-order valence-corrected chi connectivity index (χ0v) is 16.4. The molecule has 148 valence electrons. The van der Waals surface area contributed by atoms with Gasteiger partial charge in [-0.15, -0.1) is 0 Å². The number of carbonyl (C=O) groups is 3. The molecule has 2 aromatic carbocycles. The molecule has 0 bridgehead atoms. The Hall–Kier alpha value is -3.87. The molecule has 0 atom stereocenters. The molecule has 3 aromatic rings. The molecule has 7 heteroatoms. The molecule has 0 radical (unpaired) electrons. The summed E-state index contributed by atoms with van der Waals surface area (Å²) in [5.74, 6) is -0.449. The van der Waals surface area contributed by atoms with E-state index in [9.17, 15) is 14.4 Å². The van der Waals surface area contributed by atoms with E-state index in [4.69, 9.17) is 0 Å². The highest BCUT2D eigenvalue weighted by molar-refractivity contribution is 6.08. The number of anilines is 3. The molecule has 7 nitrogen and oxygen atoms in total. The Morgan fingerprint density at radius 1 is 0.793 bits per heavy atom. The number of hydrogen-bond acceptors (Lipinski definition) is 3. The van der Waals surface area contributed by atoms with Gasteiger partial charge >= 0.3 is 6.03 Å². The molecule has 3 rings (SSSR count). The highest BCUT2D eigenvalue weighted by atomic mass is 16.2. The molecule has 29 heavy (non-hydrogen) atoms. The summed E-state index contributed by atoms with van der Waals surface area (Å²) >= 11 is 0. The first-order valence-corrected chi connectivity index (χ1v) is 9.09. The van der Waals surface area contributed by atoms with Crippen LogP contribution in [0, 0.1) is 13.8 Å². The minimum Gasteiger partial charge on any atom is -0.354 e. The maximum Gasteiger partial charge on any atom is 0.323 e. The molecule has 0 fully saturated rings. The van der Waals surface area contributed by atoms with E-state index in [0.29, 0.717) is 39.6 Å². The van der Waals surface area contributed by atoms with Gasteiger partial charge in [0.2, 0.25) is 0 Å². The lowest BCUT2D eigenvalue weighted by Crippen LogP contribution is -2.19. The number of urea groups is 1. The van der Waals surface area contributed by atoms with Crippen molar-refractivity contribution in [2.24, 2.45) is 0 Å². The van der Waals surface area contributed by atoms with Crippen LogP contribution in [0.1, 0.15) is 39.0 Å². The molecule has 0 spiro atoms. The molecular weight excluding hydrogens is 368 g/mol. The number of H-pyrrole nitrogens is 1. The predicted molar refractivity (Wildman–Crippen MR) is 114 cm³/mol. The number of aromatic amines is 1. The lowest BCUT2D eigenvalue weighted by Gasteiger charge is -2.10. The fourth-order valence-electron chi connectivity index (χ4n) is 3.19. The van der Waals surface area contributed by atoms with E-state index in [1.807, 2.05) is 18.2 Å². The number of amides is 3. The Balaban J connectivity index is 1.70. The van der Waals surface area contributed by atoms with Gasteiger partial charge in [0.15, 0.2) is 5.78 Å². The number of benzene rings is 2. The van der Waals surface area contributed by atoms with Crippen molar-refractivity contribution in [1.29, 1.82) is 0 Å². The topological polar surface area (TPSA) is 103 Å². The van der Waals surface area contributed by atoms with Crippen molar-refractivity contribution in [3.8, 4) is 0 Å². The van der Waals surface area contributed by atoms with Crippen molar-refractivity contribution in [2.45, 2.75) is 20.8 Å².